The smallest absolute Gasteiger partial charge is 0.142 e. The second kappa shape index (κ2) is 6.93. The minimum atomic E-state index is 0.425. The summed E-state index contributed by atoms with van der Waals surface area (Å²) in [7, 11) is 2.11. The molecule has 0 aromatic carbocycles. The first-order valence-corrected chi connectivity index (χ1v) is 8.18. The lowest BCUT2D eigenvalue weighted by atomic mass is 10.1. The lowest BCUT2D eigenvalue weighted by molar-refractivity contribution is 0.244. The zero-order valence-corrected chi connectivity index (χ0v) is 14.4. The Balaban J connectivity index is 1.73. The Morgan fingerprint density at radius 3 is 2.79 bits per heavy atom. The van der Waals surface area contributed by atoms with Gasteiger partial charge in [-0.1, -0.05) is 0 Å². The molecule has 1 fully saturated rings. The molecule has 6 heteroatoms. The van der Waals surface area contributed by atoms with Gasteiger partial charge in [-0.05, 0) is 39.4 Å². The van der Waals surface area contributed by atoms with E-state index in [-0.39, 0.29) is 0 Å². The lowest BCUT2D eigenvalue weighted by Gasteiger charge is -2.25. The summed E-state index contributed by atoms with van der Waals surface area (Å²) in [6.07, 6.45) is 4.62. The second-order valence-corrected chi connectivity index (χ2v) is 6.32. The van der Waals surface area contributed by atoms with Gasteiger partial charge in [0.1, 0.15) is 11.9 Å². The van der Waals surface area contributed by atoms with Crippen molar-refractivity contribution in [1.29, 1.82) is 5.26 Å². The molecule has 24 heavy (non-hydrogen) atoms. The van der Waals surface area contributed by atoms with Crippen LogP contribution >= 0.6 is 0 Å². The normalized spacial score (nSPS) is 17.3. The quantitative estimate of drug-likeness (QED) is 0.858. The molecule has 1 saturated heterocycles. The first-order chi connectivity index (χ1) is 11.6. The average Bonchev–Trinajstić information content (AvgIpc) is 3.05. The number of hydrogen-bond acceptors (Lipinski definition) is 6. The molecule has 0 saturated carbocycles. The van der Waals surface area contributed by atoms with Gasteiger partial charge in [-0.2, -0.15) is 5.26 Å². The highest BCUT2D eigenvalue weighted by Gasteiger charge is 2.28. The number of pyridine rings is 1. The molecule has 0 N–H and O–H groups in total. The van der Waals surface area contributed by atoms with E-state index in [1.807, 2.05) is 26.0 Å². The molecular weight excluding hydrogens is 300 g/mol. The topological polar surface area (TPSA) is 68.9 Å². The summed E-state index contributed by atoms with van der Waals surface area (Å²) in [5.74, 6) is 0.840. The van der Waals surface area contributed by atoms with Gasteiger partial charge in [-0.25, -0.2) is 9.97 Å². The number of nitriles is 1. The Kier molecular flexibility index (Phi) is 4.72. The lowest BCUT2D eigenvalue weighted by Crippen LogP contribution is -2.34. The Labute approximate surface area is 142 Å². The van der Waals surface area contributed by atoms with Crippen LogP contribution in [0.2, 0.25) is 0 Å². The van der Waals surface area contributed by atoms with Crippen LogP contribution in [0.25, 0.3) is 0 Å². The highest BCUT2D eigenvalue weighted by molar-refractivity contribution is 5.62. The van der Waals surface area contributed by atoms with E-state index >= 15 is 0 Å². The van der Waals surface area contributed by atoms with Crippen molar-refractivity contribution in [3.63, 3.8) is 0 Å². The zero-order chi connectivity index (χ0) is 17.1. The van der Waals surface area contributed by atoms with Crippen molar-refractivity contribution in [2.75, 3.05) is 25.0 Å². The van der Waals surface area contributed by atoms with Crippen molar-refractivity contribution >= 4 is 5.69 Å². The number of likely N-dealkylation sites (N-methyl/N-ethyl adjacent to an activating group) is 1. The Bertz CT molecular complexity index is 752. The van der Waals surface area contributed by atoms with E-state index in [0.717, 1.165) is 49.0 Å². The molecule has 124 valence electrons. The maximum Gasteiger partial charge on any atom is 0.142 e. The van der Waals surface area contributed by atoms with Gasteiger partial charge < -0.3 is 4.90 Å². The third-order valence-electron chi connectivity index (χ3n) is 4.56. The van der Waals surface area contributed by atoms with Crippen molar-refractivity contribution in [3.05, 3.63) is 47.3 Å². The van der Waals surface area contributed by atoms with E-state index in [0.29, 0.717) is 11.6 Å². The summed E-state index contributed by atoms with van der Waals surface area (Å²) in [5.41, 5.74) is 3.46. The number of aryl methyl sites for hydroxylation is 2. The molecule has 0 spiro atoms. The third-order valence-corrected chi connectivity index (χ3v) is 4.56. The van der Waals surface area contributed by atoms with Gasteiger partial charge in [0.2, 0.25) is 0 Å². The fraction of sp³-hybridized carbons (Fsp3) is 0.444. The molecule has 0 radical (unpaired) electrons. The fourth-order valence-corrected chi connectivity index (χ4v) is 3.28. The van der Waals surface area contributed by atoms with Crippen LogP contribution in [0.1, 0.15) is 29.2 Å². The second-order valence-electron chi connectivity index (χ2n) is 6.32. The maximum absolute atomic E-state index is 9.48. The molecule has 6 nitrogen and oxygen atoms in total. The Morgan fingerprint density at radius 1 is 1.33 bits per heavy atom. The van der Waals surface area contributed by atoms with Crippen LogP contribution in [-0.2, 0) is 6.54 Å². The minimum absolute atomic E-state index is 0.425. The summed E-state index contributed by atoms with van der Waals surface area (Å²) in [6.45, 7) is 6.47. The summed E-state index contributed by atoms with van der Waals surface area (Å²) in [6, 6.07) is 6.59. The molecule has 0 bridgehead atoms. The van der Waals surface area contributed by atoms with Crippen molar-refractivity contribution in [2.24, 2.45) is 0 Å². The summed E-state index contributed by atoms with van der Waals surface area (Å²) >= 11 is 0. The van der Waals surface area contributed by atoms with Crippen LogP contribution in [0.5, 0.6) is 0 Å². The molecule has 0 aliphatic carbocycles. The SMILES string of the molecule is Cc1cc(N2CCC(N(C)Cc3ncccn3)C2)c(C#N)c(C)n1. The van der Waals surface area contributed by atoms with Gasteiger partial charge in [0.25, 0.3) is 0 Å². The molecule has 2 aromatic heterocycles. The molecule has 3 rings (SSSR count). The van der Waals surface area contributed by atoms with Crippen molar-refractivity contribution in [3.8, 4) is 6.07 Å². The van der Waals surface area contributed by atoms with E-state index in [1.54, 1.807) is 12.4 Å². The predicted octanol–water partition coefficient (Wildman–Crippen LogP) is 2.07. The number of hydrogen-bond donors (Lipinski definition) is 0. The van der Waals surface area contributed by atoms with E-state index in [9.17, 15) is 5.26 Å². The molecule has 1 atom stereocenters. The molecule has 2 aromatic rings. The first-order valence-electron chi connectivity index (χ1n) is 8.18. The van der Waals surface area contributed by atoms with E-state index in [4.69, 9.17) is 0 Å². The van der Waals surface area contributed by atoms with Crippen molar-refractivity contribution in [1.82, 2.24) is 19.9 Å². The van der Waals surface area contributed by atoms with Crippen LogP contribution in [0.15, 0.2) is 24.5 Å². The number of nitrogens with zero attached hydrogens (tertiary/aromatic N) is 6. The summed E-state index contributed by atoms with van der Waals surface area (Å²) < 4.78 is 0. The van der Waals surface area contributed by atoms with Crippen molar-refractivity contribution < 1.29 is 0 Å². The van der Waals surface area contributed by atoms with Crippen LogP contribution in [0, 0.1) is 25.2 Å². The van der Waals surface area contributed by atoms with Crippen LogP contribution < -0.4 is 4.90 Å². The average molecular weight is 322 g/mol. The maximum atomic E-state index is 9.48. The molecule has 1 aliphatic rings. The van der Waals surface area contributed by atoms with Gasteiger partial charge in [0.05, 0.1) is 23.5 Å². The highest BCUT2D eigenvalue weighted by atomic mass is 15.3. The third kappa shape index (κ3) is 3.36. The largest absolute Gasteiger partial charge is 0.369 e. The first kappa shape index (κ1) is 16.3. The van der Waals surface area contributed by atoms with E-state index in [1.165, 1.54) is 0 Å². The number of anilines is 1. The standard InChI is InChI=1S/C18H22N6/c1-13-9-17(16(10-19)14(2)22-13)24-8-5-15(11-24)23(3)12-18-20-6-4-7-21-18/h4,6-7,9,15H,5,8,11-12H2,1-3H3. The van der Waals surface area contributed by atoms with Crippen LogP contribution in [-0.4, -0.2) is 46.0 Å². The molecular formula is C18H22N6. The molecule has 1 unspecified atom stereocenters. The van der Waals surface area contributed by atoms with Gasteiger partial charge in [0.15, 0.2) is 0 Å². The number of rotatable bonds is 4. The minimum Gasteiger partial charge on any atom is -0.369 e. The van der Waals surface area contributed by atoms with Gasteiger partial charge >= 0.3 is 0 Å². The van der Waals surface area contributed by atoms with Crippen molar-refractivity contribution in [2.45, 2.75) is 32.9 Å². The fourth-order valence-electron chi connectivity index (χ4n) is 3.28. The van der Waals surface area contributed by atoms with Crippen LogP contribution in [0.3, 0.4) is 0 Å². The number of aromatic nitrogens is 3. The monoisotopic (exact) mass is 322 g/mol. The molecule has 1 aliphatic heterocycles. The van der Waals surface area contributed by atoms with E-state index < -0.39 is 0 Å². The summed E-state index contributed by atoms with van der Waals surface area (Å²) in [5, 5.41) is 9.48. The Hall–Kier alpha value is -2.52. The van der Waals surface area contributed by atoms with Gasteiger partial charge in [-0.3, -0.25) is 9.88 Å². The molecule has 3 heterocycles. The molecule has 0 amide bonds. The van der Waals surface area contributed by atoms with Gasteiger partial charge in [-0.15, -0.1) is 0 Å². The predicted molar refractivity (Wildman–Crippen MR) is 92.5 cm³/mol. The summed E-state index contributed by atoms with van der Waals surface area (Å²) in [4.78, 5) is 17.6. The van der Waals surface area contributed by atoms with Gasteiger partial charge in [0, 0.05) is 37.2 Å². The van der Waals surface area contributed by atoms with E-state index in [2.05, 4.69) is 37.9 Å². The van der Waals surface area contributed by atoms with Crippen LogP contribution in [0.4, 0.5) is 5.69 Å². The zero-order valence-electron chi connectivity index (χ0n) is 14.4. The Morgan fingerprint density at radius 2 is 2.08 bits per heavy atom. The highest BCUT2D eigenvalue weighted by Crippen LogP contribution is 2.28.